The highest BCUT2D eigenvalue weighted by Crippen LogP contribution is 2.48. The number of hydrogen-bond donors (Lipinski definition) is 2. The Labute approximate surface area is 175 Å². The molecule has 0 bridgehead atoms. The van der Waals surface area contributed by atoms with Gasteiger partial charge in [0.2, 0.25) is 0 Å². The largest absolute Gasteiger partial charge is 0.335 e. The van der Waals surface area contributed by atoms with Gasteiger partial charge in [-0.1, -0.05) is 6.07 Å². The molecule has 6 nitrogen and oxygen atoms in total. The molecule has 152 valence electrons. The van der Waals surface area contributed by atoms with E-state index in [0.29, 0.717) is 22.6 Å². The van der Waals surface area contributed by atoms with Crippen molar-refractivity contribution in [1.82, 2.24) is 14.9 Å². The number of aromatic nitrogens is 2. The second kappa shape index (κ2) is 6.96. The Bertz CT molecular complexity index is 1200. The van der Waals surface area contributed by atoms with Gasteiger partial charge in [0, 0.05) is 29.7 Å². The van der Waals surface area contributed by atoms with Gasteiger partial charge in [-0.25, -0.2) is 4.98 Å². The molecule has 1 saturated heterocycles. The van der Waals surface area contributed by atoms with Gasteiger partial charge in [-0.2, -0.15) is 5.26 Å². The van der Waals surface area contributed by atoms with E-state index in [1.807, 2.05) is 7.05 Å². The standard InChI is InChI=1S/C24H25N5O/c1-15-20(28-23(30)17-5-3-4-16(10-17)12-25)13-26-22-21(15)19(14-29(22)2)18-6-9-27-24(11-18)7-8-24/h3-5,10,13-14,18,27H,6-9,11H2,1-2H3,(H,28,30). The van der Waals surface area contributed by atoms with E-state index < -0.39 is 0 Å². The van der Waals surface area contributed by atoms with Crippen molar-refractivity contribution in [2.45, 2.75) is 44.1 Å². The molecule has 1 saturated carbocycles. The summed E-state index contributed by atoms with van der Waals surface area (Å²) in [6.45, 7) is 3.11. The molecule has 2 fully saturated rings. The fourth-order valence-corrected chi connectivity index (χ4v) is 4.85. The molecule has 3 aromatic rings. The number of anilines is 1. The molecule has 5 rings (SSSR count). The average Bonchev–Trinajstić information content (AvgIpc) is 3.41. The quantitative estimate of drug-likeness (QED) is 0.697. The van der Waals surface area contributed by atoms with Crippen molar-refractivity contribution < 1.29 is 4.79 Å². The Kier molecular flexibility index (Phi) is 4.37. The van der Waals surface area contributed by atoms with Gasteiger partial charge < -0.3 is 15.2 Å². The third-order valence-corrected chi connectivity index (χ3v) is 6.70. The molecule has 1 atom stereocenters. The monoisotopic (exact) mass is 399 g/mol. The van der Waals surface area contributed by atoms with E-state index in [1.165, 1.54) is 24.8 Å². The number of aryl methyl sites for hydroxylation is 2. The number of piperidine rings is 1. The Morgan fingerprint density at radius 2 is 2.23 bits per heavy atom. The highest BCUT2D eigenvalue weighted by molar-refractivity contribution is 6.06. The van der Waals surface area contributed by atoms with Crippen LogP contribution in [0, 0.1) is 18.3 Å². The van der Waals surface area contributed by atoms with Crippen LogP contribution in [0.2, 0.25) is 0 Å². The van der Waals surface area contributed by atoms with Gasteiger partial charge in [0.15, 0.2) is 0 Å². The van der Waals surface area contributed by atoms with Crippen LogP contribution in [-0.4, -0.2) is 27.5 Å². The van der Waals surface area contributed by atoms with Crippen molar-refractivity contribution in [2.75, 3.05) is 11.9 Å². The average molecular weight is 399 g/mol. The number of pyridine rings is 1. The van der Waals surface area contributed by atoms with Gasteiger partial charge in [-0.3, -0.25) is 4.79 Å². The molecule has 30 heavy (non-hydrogen) atoms. The normalized spacial score (nSPS) is 19.6. The van der Waals surface area contributed by atoms with E-state index >= 15 is 0 Å². The summed E-state index contributed by atoms with van der Waals surface area (Å²) in [5.41, 5.74) is 5.35. The predicted molar refractivity (Wildman–Crippen MR) is 117 cm³/mol. The lowest BCUT2D eigenvalue weighted by atomic mass is 9.84. The Morgan fingerprint density at radius 1 is 1.40 bits per heavy atom. The molecule has 1 aliphatic heterocycles. The molecule has 0 radical (unpaired) electrons. The number of nitrogens with zero attached hydrogens (tertiary/aromatic N) is 3. The molecule has 6 heteroatoms. The molecule has 1 amide bonds. The first-order valence-corrected chi connectivity index (χ1v) is 10.5. The van der Waals surface area contributed by atoms with Crippen molar-refractivity contribution >= 4 is 22.6 Å². The third-order valence-electron chi connectivity index (χ3n) is 6.70. The van der Waals surface area contributed by atoms with Crippen molar-refractivity contribution in [3.05, 3.63) is 58.9 Å². The van der Waals surface area contributed by atoms with Gasteiger partial charge in [0.1, 0.15) is 5.65 Å². The zero-order valence-corrected chi connectivity index (χ0v) is 17.3. The van der Waals surface area contributed by atoms with Crippen LogP contribution in [0.5, 0.6) is 0 Å². The van der Waals surface area contributed by atoms with Crippen LogP contribution in [0.1, 0.15) is 58.6 Å². The van der Waals surface area contributed by atoms with E-state index in [0.717, 1.165) is 35.2 Å². The Balaban J connectivity index is 1.50. The summed E-state index contributed by atoms with van der Waals surface area (Å²) >= 11 is 0. The molecule has 2 aliphatic rings. The van der Waals surface area contributed by atoms with Gasteiger partial charge >= 0.3 is 0 Å². The summed E-state index contributed by atoms with van der Waals surface area (Å²) < 4.78 is 2.10. The number of fused-ring (bicyclic) bond motifs is 1. The second-order valence-electron chi connectivity index (χ2n) is 8.73. The number of nitriles is 1. The van der Waals surface area contributed by atoms with Crippen LogP contribution in [0.25, 0.3) is 11.0 Å². The number of benzene rings is 1. The van der Waals surface area contributed by atoms with Gasteiger partial charge in [0.05, 0.1) is 23.5 Å². The summed E-state index contributed by atoms with van der Waals surface area (Å²) in [6, 6.07) is 8.82. The van der Waals surface area contributed by atoms with Crippen molar-refractivity contribution in [3.8, 4) is 6.07 Å². The first-order valence-electron chi connectivity index (χ1n) is 10.5. The molecule has 2 N–H and O–H groups in total. The lowest BCUT2D eigenvalue weighted by Crippen LogP contribution is -2.39. The molecule has 1 spiro atoms. The Morgan fingerprint density at radius 3 is 3.00 bits per heavy atom. The maximum absolute atomic E-state index is 12.8. The zero-order chi connectivity index (χ0) is 20.9. The first-order chi connectivity index (χ1) is 14.5. The van der Waals surface area contributed by atoms with Crippen LogP contribution < -0.4 is 10.6 Å². The molecule has 1 unspecified atom stereocenters. The lowest BCUT2D eigenvalue weighted by Gasteiger charge is -2.30. The number of carbonyl (C=O) groups is 1. The van der Waals surface area contributed by atoms with Crippen LogP contribution in [0.3, 0.4) is 0 Å². The topological polar surface area (TPSA) is 82.7 Å². The SMILES string of the molecule is Cc1c(NC(=O)c2cccc(C#N)c2)cnc2c1c(C1CCNC3(CC3)C1)cn2C. The van der Waals surface area contributed by atoms with Crippen LogP contribution in [0.4, 0.5) is 5.69 Å². The zero-order valence-electron chi connectivity index (χ0n) is 17.3. The molecule has 2 aromatic heterocycles. The van der Waals surface area contributed by atoms with E-state index in [9.17, 15) is 4.79 Å². The van der Waals surface area contributed by atoms with Crippen LogP contribution in [0.15, 0.2) is 36.7 Å². The molecule has 1 aliphatic carbocycles. The third kappa shape index (κ3) is 3.16. The van der Waals surface area contributed by atoms with E-state index in [1.54, 1.807) is 30.5 Å². The number of amides is 1. The predicted octanol–water partition coefficient (Wildman–Crippen LogP) is 4.01. The van der Waals surface area contributed by atoms with E-state index in [4.69, 9.17) is 5.26 Å². The molecular weight excluding hydrogens is 374 g/mol. The fourth-order valence-electron chi connectivity index (χ4n) is 4.85. The Hall–Kier alpha value is -3.17. The summed E-state index contributed by atoms with van der Waals surface area (Å²) in [5.74, 6) is 0.281. The lowest BCUT2D eigenvalue weighted by molar-refractivity contribution is 0.102. The molecule has 1 aromatic carbocycles. The fraction of sp³-hybridized carbons (Fsp3) is 0.375. The molecular formula is C24H25N5O. The number of carbonyl (C=O) groups excluding carboxylic acids is 1. The second-order valence-corrected chi connectivity index (χ2v) is 8.73. The maximum atomic E-state index is 12.8. The van der Waals surface area contributed by atoms with Crippen LogP contribution >= 0.6 is 0 Å². The summed E-state index contributed by atoms with van der Waals surface area (Å²) in [5, 5.41) is 17.0. The first kappa shape index (κ1) is 18.8. The number of hydrogen-bond acceptors (Lipinski definition) is 4. The number of nitrogens with one attached hydrogen (secondary N) is 2. The van der Waals surface area contributed by atoms with Crippen molar-refractivity contribution in [2.24, 2.45) is 7.05 Å². The minimum Gasteiger partial charge on any atom is -0.335 e. The molecule has 3 heterocycles. The maximum Gasteiger partial charge on any atom is 0.255 e. The highest BCUT2D eigenvalue weighted by atomic mass is 16.1. The van der Waals surface area contributed by atoms with Gasteiger partial charge in [-0.05, 0) is 74.4 Å². The smallest absolute Gasteiger partial charge is 0.255 e. The van der Waals surface area contributed by atoms with Crippen LogP contribution in [-0.2, 0) is 7.05 Å². The van der Waals surface area contributed by atoms with Gasteiger partial charge in [0.25, 0.3) is 5.91 Å². The summed E-state index contributed by atoms with van der Waals surface area (Å²) in [4.78, 5) is 17.5. The minimum absolute atomic E-state index is 0.229. The van der Waals surface area contributed by atoms with Crippen molar-refractivity contribution in [3.63, 3.8) is 0 Å². The van der Waals surface area contributed by atoms with Gasteiger partial charge in [-0.15, -0.1) is 0 Å². The minimum atomic E-state index is -0.229. The van der Waals surface area contributed by atoms with E-state index in [2.05, 4.69) is 39.4 Å². The number of rotatable bonds is 3. The summed E-state index contributed by atoms with van der Waals surface area (Å²) in [6.07, 6.45) is 8.79. The highest BCUT2D eigenvalue weighted by Gasteiger charge is 2.46. The van der Waals surface area contributed by atoms with E-state index in [-0.39, 0.29) is 5.91 Å². The van der Waals surface area contributed by atoms with Crippen molar-refractivity contribution in [1.29, 1.82) is 5.26 Å². The summed E-state index contributed by atoms with van der Waals surface area (Å²) in [7, 11) is 2.04.